The van der Waals surface area contributed by atoms with E-state index in [-0.39, 0.29) is 106 Å². The highest BCUT2D eigenvalue weighted by atomic mass is 31.2. The van der Waals surface area contributed by atoms with Gasteiger partial charge >= 0.3 is 0 Å². The summed E-state index contributed by atoms with van der Waals surface area (Å²) in [6, 6.07) is 0.439. The standard InChI is InChI=1S/C36H57N6O6P/c1-9-23-38-32(43)17-20-36(21-18-33(44)39-24-10-2,22-19-34(45)40-25-11-3)41-35(46)30-13-15-31(16-14-30)48-49(47-27-12-26-37-8)42(28(4)5)29(6)7/h1-3,26,28-31H,12-25,27H2,4-8H3,(H,38,43)(H,39,44)(H,40,45)(H,41,46). The molecule has 1 saturated carbocycles. The first-order valence-electron chi connectivity index (χ1n) is 17.1. The van der Waals surface area contributed by atoms with Crippen molar-refractivity contribution in [2.45, 2.75) is 122 Å². The van der Waals surface area contributed by atoms with Crippen molar-refractivity contribution in [1.29, 1.82) is 0 Å². The molecule has 0 heterocycles. The Bertz CT molecular complexity index is 1100. The lowest BCUT2D eigenvalue weighted by molar-refractivity contribution is -0.131. The van der Waals surface area contributed by atoms with Crippen LogP contribution in [0.25, 0.3) is 0 Å². The number of aliphatic imine (C=N–C) groups is 1. The van der Waals surface area contributed by atoms with Crippen LogP contribution in [0.1, 0.15) is 98.3 Å². The lowest BCUT2D eigenvalue weighted by Gasteiger charge is -2.39. The fourth-order valence-electron chi connectivity index (χ4n) is 5.69. The van der Waals surface area contributed by atoms with Crippen LogP contribution in [0.15, 0.2) is 4.99 Å². The molecule has 272 valence electrons. The van der Waals surface area contributed by atoms with Gasteiger partial charge in [0.2, 0.25) is 23.6 Å². The first kappa shape index (κ1) is 43.6. The predicted molar refractivity (Wildman–Crippen MR) is 195 cm³/mol. The Labute approximate surface area is 295 Å². The average Bonchev–Trinajstić information content (AvgIpc) is 3.07. The third-order valence-electron chi connectivity index (χ3n) is 8.21. The highest BCUT2D eigenvalue weighted by molar-refractivity contribution is 7.44. The average molecular weight is 701 g/mol. The number of carbonyl (C=O) groups is 4. The molecule has 0 aromatic carbocycles. The second-order valence-corrected chi connectivity index (χ2v) is 14.1. The van der Waals surface area contributed by atoms with Crippen LogP contribution in [-0.4, -0.2) is 91.5 Å². The second-order valence-electron chi connectivity index (χ2n) is 12.7. The summed E-state index contributed by atoms with van der Waals surface area (Å²) in [5, 5.41) is 11.1. The maximum Gasteiger partial charge on any atom is 0.259 e. The van der Waals surface area contributed by atoms with E-state index in [1.54, 1.807) is 7.05 Å². The van der Waals surface area contributed by atoms with E-state index in [1.807, 2.05) is 6.21 Å². The van der Waals surface area contributed by atoms with Crippen molar-refractivity contribution < 1.29 is 28.2 Å². The Kier molecular flexibility index (Phi) is 21.9. The van der Waals surface area contributed by atoms with Gasteiger partial charge in [0, 0.05) is 62.5 Å². The Morgan fingerprint density at radius 1 is 0.837 bits per heavy atom. The summed E-state index contributed by atoms with van der Waals surface area (Å²) in [4.78, 5) is 55.7. The van der Waals surface area contributed by atoms with Gasteiger partial charge in [-0.2, -0.15) is 0 Å². The summed E-state index contributed by atoms with van der Waals surface area (Å²) in [5.41, 5.74) is -1.03. The Hall–Kier alpha value is -3.46. The van der Waals surface area contributed by atoms with Crippen LogP contribution in [-0.2, 0) is 28.2 Å². The van der Waals surface area contributed by atoms with E-state index in [1.165, 1.54) is 0 Å². The number of nitrogens with zero attached hydrogens (tertiary/aromatic N) is 2. The van der Waals surface area contributed by atoms with Crippen molar-refractivity contribution in [2.24, 2.45) is 10.9 Å². The zero-order valence-corrected chi connectivity index (χ0v) is 30.9. The van der Waals surface area contributed by atoms with Gasteiger partial charge in [-0.1, -0.05) is 17.8 Å². The lowest BCUT2D eigenvalue weighted by atomic mass is 9.81. The number of rotatable bonds is 23. The van der Waals surface area contributed by atoms with E-state index < -0.39 is 14.1 Å². The molecule has 0 aromatic rings. The number of terminal acetylenes is 3. The van der Waals surface area contributed by atoms with Gasteiger partial charge < -0.3 is 35.3 Å². The van der Waals surface area contributed by atoms with E-state index >= 15 is 0 Å². The SMILES string of the molecule is C#CCNC(=O)CCC(CCC(=O)NCC#C)(CCC(=O)NCC#C)NC(=O)C1CCC(OP(OCCC=NC)N(C(C)C)C(C)C)CC1. The summed E-state index contributed by atoms with van der Waals surface area (Å²) in [6.07, 6.45) is 21.6. The number of hydrogen-bond acceptors (Lipinski definition) is 8. The predicted octanol–water partition coefficient (Wildman–Crippen LogP) is 3.46. The van der Waals surface area contributed by atoms with E-state index in [0.717, 1.165) is 0 Å². The number of amides is 4. The fourth-order valence-corrected chi connectivity index (χ4v) is 7.48. The van der Waals surface area contributed by atoms with Crippen LogP contribution < -0.4 is 21.3 Å². The molecule has 13 heteroatoms. The molecule has 12 nitrogen and oxygen atoms in total. The molecule has 0 bridgehead atoms. The molecule has 1 aliphatic rings. The molecule has 1 unspecified atom stereocenters. The summed E-state index contributed by atoms with van der Waals surface area (Å²) in [5.74, 6) is 5.76. The summed E-state index contributed by atoms with van der Waals surface area (Å²) in [6.45, 7) is 9.20. The third kappa shape index (κ3) is 17.7. The van der Waals surface area contributed by atoms with Crippen molar-refractivity contribution in [1.82, 2.24) is 25.9 Å². The highest BCUT2D eigenvalue weighted by Crippen LogP contribution is 2.49. The topological polar surface area (TPSA) is 150 Å². The van der Waals surface area contributed by atoms with Crippen LogP contribution in [0, 0.1) is 42.9 Å². The summed E-state index contributed by atoms with van der Waals surface area (Å²) in [7, 11) is 0.415. The Morgan fingerprint density at radius 2 is 1.29 bits per heavy atom. The maximum absolute atomic E-state index is 13.9. The van der Waals surface area contributed by atoms with E-state index in [0.29, 0.717) is 38.7 Å². The number of nitrogens with one attached hydrogen (secondary N) is 4. The molecular weight excluding hydrogens is 643 g/mol. The Morgan fingerprint density at radius 3 is 1.67 bits per heavy atom. The van der Waals surface area contributed by atoms with Crippen molar-refractivity contribution >= 4 is 38.4 Å². The van der Waals surface area contributed by atoms with Gasteiger partial charge in [-0.25, -0.2) is 4.67 Å². The molecule has 4 N–H and O–H groups in total. The molecule has 0 spiro atoms. The molecule has 0 aliphatic heterocycles. The summed E-state index contributed by atoms with van der Waals surface area (Å²) < 4.78 is 15.1. The van der Waals surface area contributed by atoms with E-state index in [2.05, 4.69) is 76.4 Å². The normalized spacial score (nSPS) is 16.8. The van der Waals surface area contributed by atoms with Gasteiger partial charge in [0.1, 0.15) is 0 Å². The molecule has 49 heavy (non-hydrogen) atoms. The minimum Gasteiger partial charge on any atom is -0.350 e. The molecule has 0 radical (unpaired) electrons. The smallest absolute Gasteiger partial charge is 0.259 e. The molecular formula is C36H57N6O6P. The Balaban J connectivity index is 3.14. The third-order valence-corrected chi connectivity index (χ3v) is 10.4. The largest absolute Gasteiger partial charge is 0.350 e. The van der Waals surface area contributed by atoms with Crippen LogP contribution in [0.5, 0.6) is 0 Å². The fraction of sp³-hybridized carbons (Fsp3) is 0.694. The van der Waals surface area contributed by atoms with Gasteiger partial charge in [0.15, 0.2) is 0 Å². The van der Waals surface area contributed by atoms with Crippen molar-refractivity contribution in [2.75, 3.05) is 33.3 Å². The summed E-state index contributed by atoms with van der Waals surface area (Å²) >= 11 is 0. The van der Waals surface area contributed by atoms with Gasteiger partial charge in [-0.3, -0.25) is 19.2 Å². The van der Waals surface area contributed by atoms with Crippen molar-refractivity contribution in [3.8, 4) is 37.0 Å². The molecule has 1 aliphatic carbocycles. The monoisotopic (exact) mass is 700 g/mol. The van der Waals surface area contributed by atoms with Gasteiger partial charge in [0.05, 0.1) is 32.3 Å². The minimum atomic E-state index is -1.32. The van der Waals surface area contributed by atoms with E-state index in [9.17, 15) is 19.2 Å². The van der Waals surface area contributed by atoms with Crippen LogP contribution in [0.4, 0.5) is 0 Å². The van der Waals surface area contributed by atoms with Crippen LogP contribution in [0.2, 0.25) is 0 Å². The minimum absolute atomic E-state index is 0.0380. The first-order chi connectivity index (χ1) is 23.4. The van der Waals surface area contributed by atoms with Crippen molar-refractivity contribution in [3.05, 3.63) is 0 Å². The second kappa shape index (κ2) is 24.6. The quantitative estimate of drug-likeness (QED) is 0.0552. The zero-order chi connectivity index (χ0) is 36.7. The van der Waals surface area contributed by atoms with Gasteiger partial charge in [0.25, 0.3) is 8.53 Å². The molecule has 0 aromatic heterocycles. The van der Waals surface area contributed by atoms with E-state index in [4.69, 9.17) is 28.3 Å². The molecule has 0 saturated heterocycles. The lowest BCUT2D eigenvalue weighted by Crippen LogP contribution is -2.52. The molecule has 4 amide bonds. The van der Waals surface area contributed by atoms with Crippen molar-refractivity contribution in [3.63, 3.8) is 0 Å². The van der Waals surface area contributed by atoms with Gasteiger partial charge in [-0.15, -0.1) is 19.3 Å². The molecule has 1 rings (SSSR count). The molecule has 1 fully saturated rings. The first-order valence-corrected chi connectivity index (χ1v) is 18.3. The number of carbonyl (C=O) groups excluding carboxylic acids is 4. The maximum atomic E-state index is 13.9. The number of hydrogen-bond donors (Lipinski definition) is 4. The highest BCUT2D eigenvalue weighted by Gasteiger charge is 2.38. The molecule has 1 atom stereocenters. The van der Waals surface area contributed by atoms with Crippen LogP contribution >= 0.6 is 8.53 Å². The van der Waals surface area contributed by atoms with Gasteiger partial charge in [-0.05, 0) is 72.6 Å². The zero-order valence-electron chi connectivity index (χ0n) is 30.0. The van der Waals surface area contributed by atoms with Crippen LogP contribution in [0.3, 0.4) is 0 Å².